The summed E-state index contributed by atoms with van der Waals surface area (Å²) in [5, 5.41) is 12.9. The number of aromatic carboxylic acids is 1. The SMILES string of the molecule is Cc1nnsc1C(=O)O.Nc1c(Cl)cccc1Cl. The van der Waals surface area contributed by atoms with Gasteiger partial charge in [0, 0.05) is 0 Å². The number of para-hydroxylation sites is 1. The predicted molar refractivity (Wildman–Crippen MR) is 72.5 cm³/mol. The number of nitrogens with zero attached hydrogens (tertiary/aromatic N) is 2. The van der Waals surface area contributed by atoms with Gasteiger partial charge in [-0.25, -0.2) is 4.79 Å². The van der Waals surface area contributed by atoms with E-state index in [4.69, 9.17) is 34.0 Å². The van der Waals surface area contributed by atoms with E-state index < -0.39 is 5.97 Å². The van der Waals surface area contributed by atoms with Gasteiger partial charge in [0.15, 0.2) is 4.88 Å². The van der Waals surface area contributed by atoms with Gasteiger partial charge < -0.3 is 10.8 Å². The molecule has 0 bridgehead atoms. The van der Waals surface area contributed by atoms with Crippen molar-refractivity contribution in [3.63, 3.8) is 0 Å². The van der Waals surface area contributed by atoms with E-state index in [2.05, 4.69) is 9.59 Å². The fraction of sp³-hybridized carbons (Fsp3) is 0.100. The van der Waals surface area contributed by atoms with E-state index in [0.717, 1.165) is 11.5 Å². The molecule has 1 heterocycles. The van der Waals surface area contributed by atoms with E-state index in [9.17, 15) is 4.79 Å². The molecular weight excluding hydrogens is 297 g/mol. The molecule has 0 aliphatic rings. The highest BCUT2D eigenvalue weighted by atomic mass is 35.5. The minimum Gasteiger partial charge on any atom is -0.477 e. The molecule has 2 rings (SSSR count). The first kappa shape index (κ1) is 14.7. The summed E-state index contributed by atoms with van der Waals surface area (Å²) < 4.78 is 3.45. The van der Waals surface area contributed by atoms with Gasteiger partial charge in [0.25, 0.3) is 0 Å². The number of halogens is 2. The minimum atomic E-state index is -0.956. The van der Waals surface area contributed by atoms with Crippen molar-refractivity contribution in [2.24, 2.45) is 0 Å². The number of benzene rings is 1. The van der Waals surface area contributed by atoms with Crippen LogP contribution in [0.3, 0.4) is 0 Å². The second-order valence-electron chi connectivity index (χ2n) is 3.13. The molecule has 0 saturated carbocycles. The molecule has 8 heteroatoms. The molecule has 0 atom stereocenters. The number of carboxylic acid groups (broad SMARTS) is 1. The summed E-state index contributed by atoms with van der Waals surface area (Å²) in [6.45, 7) is 1.62. The van der Waals surface area contributed by atoms with Crippen LogP contribution in [0, 0.1) is 6.92 Å². The van der Waals surface area contributed by atoms with Crippen LogP contribution in [0.2, 0.25) is 10.0 Å². The lowest BCUT2D eigenvalue weighted by Gasteiger charge is -1.96. The number of nitrogens with two attached hydrogens (primary N) is 1. The molecule has 0 aliphatic carbocycles. The standard InChI is InChI=1S/C6H5Cl2N.C4H4N2O2S/c7-4-2-1-3-5(8)6(4)9;1-2-3(4(7)8)9-6-5-2/h1-3H,9H2;1H3,(H,7,8). The summed E-state index contributed by atoms with van der Waals surface area (Å²) in [5.41, 5.74) is 6.34. The van der Waals surface area contributed by atoms with Gasteiger partial charge in [0.1, 0.15) is 0 Å². The normalized spacial score (nSPS) is 9.50. The van der Waals surface area contributed by atoms with E-state index in [0.29, 0.717) is 21.4 Å². The number of aryl methyl sites for hydroxylation is 1. The fourth-order valence-electron chi connectivity index (χ4n) is 0.938. The minimum absolute atomic E-state index is 0.218. The number of rotatable bonds is 1. The molecule has 0 saturated heterocycles. The monoisotopic (exact) mass is 305 g/mol. The highest BCUT2D eigenvalue weighted by Gasteiger charge is 2.09. The lowest BCUT2D eigenvalue weighted by Crippen LogP contribution is -1.94. The van der Waals surface area contributed by atoms with Crippen LogP contribution in [0.4, 0.5) is 5.69 Å². The number of carboxylic acids is 1. The first-order valence-corrected chi connectivity index (χ1v) is 6.18. The van der Waals surface area contributed by atoms with Crippen molar-refractivity contribution in [2.75, 3.05) is 5.73 Å². The van der Waals surface area contributed by atoms with Crippen LogP contribution >= 0.6 is 34.7 Å². The first-order chi connectivity index (χ1) is 8.43. The quantitative estimate of drug-likeness (QED) is 0.790. The maximum Gasteiger partial charge on any atom is 0.349 e. The second kappa shape index (κ2) is 6.53. The number of hydrogen-bond acceptors (Lipinski definition) is 5. The van der Waals surface area contributed by atoms with Gasteiger partial charge in [-0.2, -0.15) is 0 Å². The Hall–Kier alpha value is -1.37. The van der Waals surface area contributed by atoms with Crippen LogP contribution in [-0.2, 0) is 0 Å². The summed E-state index contributed by atoms with van der Waals surface area (Å²) >= 11 is 12.1. The molecule has 96 valence electrons. The molecule has 0 aliphatic heterocycles. The Bertz CT molecular complexity index is 540. The summed E-state index contributed by atoms with van der Waals surface area (Å²) in [7, 11) is 0. The van der Waals surface area contributed by atoms with Gasteiger partial charge in [0.2, 0.25) is 0 Å². The van der Waals surface area contributed by atoms with E-state index in [1.54, 1.807) is 25.1 Å². The molecule has 1 aromatic heterocycles. The zero-order chi connectivity index (χ0) is 13.7. The number of anilines is 1. The molecule has 0 amide bonds. The highest BCUT2D eigenvalue weighted by Crippen LogP contribution is 2.25. The predicted octanol–water partition coefficient (Wildman–Crippen LogP) is 3.12. The maximum atomic E-state index is 10.2. The molecule has 0 radical (unpaired) electrons. The second-order valence-corrected chi connectivity index (χ2v) is 4.70. The van der Waals surface area contributed by atoms with Gasteiger partial charge >= 0.3 is 5.97 Å². The van der Waals surface area contributed by atoms with Crippen molar-refractivity contribution < 1.29 is 9.90 Å². The largest absolute Gasteiger partial charge is 0.477 e. The third kappa shape index (κ3) is 3.83. The summed E-state index contributed by atoms with van der Waals surface area (Å²) in [6.07, 6.45) is 0. The van der Waals surface area contributed by atoms with Crippen LogP contribution in [-0.4, -0.2) is 20.7 Å². The van der Waals surface area contributed by atoms with Crippen molar-refractivity contribution >= 4 is 46.4 Å². The molecule has 1 aromatic carbocycles. The third-order valence-electron chi connectivity index (χ3n) is 1.85. The van der Waals surface area contributed by atoms with Gasteiger partial charge in [0.05, 0.1) is 21.4 Å². The zero-order valence-electron chi connectivity index (χ0n) is 9.22. The van der Waals surface area contributed by atoms with Crippen molar-refractivity contribution in [3.8, 4) is 0 Å². The summed E-state index contributed by atoms with van der Waals surface area (Å²) in [4.78, 5) is 10.4. The smallest absolute Gasteiger partial charge is 0.349 e. The molecule has 5 nitrogen and oxygen atoms in total. The van der Waals surface area contributed by atoms with Crippen LogP contribution in [0.1, 0.15) is 15.4 Å². The van der Waals surface area contributed by atoms with Gasteiger partial charge in [-0.15, -0.1) is 5.10 Å². The topological polar surface area (TPSA) is 89.1 Å². The van der Waals surface area contributed by atoms with Crippen LogP contribution in [0.25, 0.3) is 0 Å². The van der Waals surface area contributed by atoms with E-state index in [-0.39, 0.29) is 4.88 Å². The van der Waals surface area contributed by atoms with Crippen LogP contribution < -0.4 is 5.73 Å². The third-order valence-corrected chi connectivity index (χ3v) is 3.32. The molecule has 0 spiro atoms. The Labute approximate surface area is 117 Å². The van der Waals surface area contributed by atoms with E-state index in [1.807, 2.05) is 0 Å². The Kier molecular flexibility index (Phi) is 5.33. The van der Waals surface area contributed by atoms with Gasteiger partial charge in [-0.3, -0.25) is 0 Å². The van der Waals surface area contributed by atoms with Crippen LogP contribution in [0.5, 0.6) is 0 Å². The average Bonchev–Trinajstić information content (AvgIpc) is 2.73. The van der Waals surface area contributed by atoms with Crippen molar-refractivity contribution in [2.45, 2.75) is 6.92 Å². The zero-order valence-corrected chi connectivity index (χ0v) is 11.6. The average molecular weight is 306 g/mol. The summed E-state index contributed by atoms with van der Waals surface area (Å²) in [6, 6.07) is 5.15. The Morgan fingerprint density at radius 2 is 1.94 bits per heavy atom. The molecule has 0 unspecified atom stereocenters. The first-order valence-electron chi connectivity index (χ1n) is 4.65. The number of hydrogen-bond donors (Lipinski definition) is 2. The van der Waals surface area contributed by atoms with Crippen molar-refractivity contribution in [1.82, 2.24) is 9.59 Å². The molecule has 3 N–H and O–H groups in total. The number of carbonyl (C=O) groups is 1. The summed E-state index contributed by atoms with van der Waals surface area (Å²) in [5.74, 6) is -0.956. The van der Waals surface area contributed by atoms with Crippen molar-refractivity contribution in [3.05, 3.63) is 38.8 Å². The molecule has 18 heavy (non-hydrogen) atoms. The fourth-order valence-corrected chi connectivity index (χ4v) is 1.83. The number of nitrogen functional groups attached to an aromatic ring is 1. The highest BCUT2D eigenvalue weighted by molar-refractivity contribution is 7.07. The van der Waals surface area contributed by atoms with Crippen molar-refractivity contribution in [1.29, 1.82) is 0 Å². The maximum absolute atomic E-state index is 10.2. The lowest BCUT2D eigenvalue weighted by molar-refractivity contribution is 0.0701. The Balaban J connectivity index is 0.000000180. The van der Waals surface area contributed by atoms with Gasteiger partial charge in [-0.05, 0) is 30.6 Å². The molecule has 0 fully saturated rings. The van der Waals surface area contributed by atoms with E-state index in [1.165, 1.54) is 0 Å². The lowest BCUT2D eigenvalue weighted by atomic mass is 10.3. The molecular formula is C10H9Cl2N3O2S. The molecule has 2 aromatic rings. The van der Waals surface area contributed by atoms with Crippen LogP contribution in [0.15, 0.2) is 18.2 Å². The Morgan fingerprint density at radius 3 is 2.22 bits per heavy atom. The number of aromatic nitrogens is 2. The van der Waals surface area contributed by atoms with Gasteiger partial charge in [-0.1, -0.05) is 33.8 Å². The Morgan fingerprint density at radius 1 is 1.39 bits per heavy atom. The van der Waals surface area contributed by atoms with E-state index >= 15 is 0 Å².